The molecule has 0 aromatic rings. The monoisotopic (exact) mass is 139 g/mol. The number of halogens is 3. The highest BCUT2D eigenvalue weighted by Gasteiger charge is 2.29. The molecule has 0 aliphatic carbocycles. The smallest absolute Gasteiger partial charge is 0.171 e. The van der Waals surface area contributed by atoms with Crippen LogP contribution in [0.1, 0.15) is 20.3 Å². The number of hydrogen-bond donors (Lipinski definition) is 0. The second kappa shape index (κ2) is 3.08. The molecule has 1 radical (unpaired) electrons. The molecule has 0 saturated carbocycles. The van der Waals surface area contributed by atoms with Crippen molar-refractivity contribution in [3.05, 3.63) is 6.42 Å². The Morgan fingerprint density at radius 2 is 1.89 bits per heavy atom. The normalized spacial score (nSPS) is 15.7. The van der Waals surface area contributed by atoms with Crippen molar-refractivity contribution in [2.45, 2.75) is 26.4 Å². The van der Waals surface area contributed by atoms with E-state index in [1.807, 2.05) is 0 Å². The van der Waals surface area contributed by atoms with Crippen LogP contribution in [-0.2, 0) is 0 Å². The van der Waals surface area contributed by atoms with Crippen LogP contribution in [0.2, 0.25) is 0 Å². The van der Waals surface area contributed by atoms with Gasteiger partial charge in [-0.15, -0.1) is 0 Å². The summed E-state index contributed by atoms with van der Waals surface area (Å²) in [5.41, 5.74) is 0. The highest BCUT2D eigenvalue weighted by molar-refractivity contribution is 4.79. The Kier molecular flexibility index (Phi) is 3.01. The molecule has 9 heavy (non-hydrogen) atoms. The van der Waals surface area contributed by atoms with Gasteiger partial charge in [-0.05, 0) is 5.92 Å². The molecule has 0 aromatic heterocycles. The Morgan fingerprint density at radius 1 is 1.44 bits per heavy atom. The molecule has 0 aliphatic heterocycles. The fourth-order valence-electron chi connectivity index (χ4n) is 0.440. The maximum Gasteiger partial charge on any atom is 0.392 e. The van der Waals surface area contributed by atoms with Gasteiger partial charge in [-0.25, -0.2) is 0 Å². The lowest BCUT2D eigenvalue weighted by Gasteiger charge is -2.09. The summed E-state index contributed by atoms with van der Waals surface area (Å²) in [6.45, 7) is 3.28. The first-order valence-corrected chi connectivity index (χ1v) is 2.88. The Morgan fingerprint density at radius 3 is 2.00 bits per heavy atom. The zero-order valence-corrected chi connectivity index (χ0v) is 5.50. The van der Waals surface area contributed by atoms with E-state index in [1.54, 1.807) is 13.8 Å². The molecule has 0 rings (SSSR count). The molecule has 0 aromatic carbocycles. The van der Waals surface area contributed by atoms with Crippen molar-refractivity contribution < 1.29 is 13.2 Å². The lowest BCUT2D eigenvalue weighted by molar-refractivity contribution is -0.103. The van der Waals surface area contributed by atoms with Gasteiger partial charge in [-0.1, -0.05) is 20.3 Å². The van der Waals surface area contributed by atoms with Crippen LogP contribution in [0.15, 0.2) is 0 Å². The maximum atomic E-state index is 11.4. The first kappa shape index (κ1) is 8.79. The molecular weight excluding hydrogens is 129 g/mol. The number of alkyl halides is 3. The average Bonchev–Trinajstić information content (AvgIpc) is 1.62. The van der Waals surface area contributed by atoms with E-state index in [2.05, 4.69) is 0 Å². The first-order chi connectivity index (χ1) is 3.95. The Bertz CT molecular complexity index is 74.9. The zero-order chi connectivity index (χ0) is 7.49. The van der Waals surface area contributed by atoms with E-state index in [9.17, 15) is 13.2 Å². The van der Waals surface area contributed by atoms with Gasteiger partial charge in [-0.3, -0.25) is 0 Å². The summed E-state index contributed by atoms with van der Waals surface area (Å²) in [7, 11) is 0. The second-order valence-electron chi connectivity index (χ2n) is 2.09. The van der Waals surface area contributed by atoms with Crippen LogP contribution in [0.25, 0.3) is 0 Å². The van der Waals surface area contributed by atoms with Gasteiger partial charge in [0.05, 0.1) is 6.42 Å². The fourth-order valence-corrected chi connectivity index (χ4v) is 0.440. The van der Waals surface area contributed by atoms with Gasteiger partial charge in [0, 0.05) is 0 Å². The zero-order valence-electron chi connectivity index (χ0n) is 5.50. The van der Waals surface area contributed by atoms with E-state index in [4.69, 9.17) is 0 Å². The van der Waals surface area contributed by atoms with Crippen molar-refractivity contribution in [2.24, 2.45) is 5.92 Å². The summed E-state index contributed by atoms with van der Waals surface area (Å²) in [5, 5.41) is 0. The molecule has 0 amide bonds. The Balaban J connectivity index is 3.47. The van der Waals surface area contributed by atoms with Crippen molar-refractivity contribution in [1.82, 2.24) is 0 Å². The van der Waals surface area contributed by atoms with E-state index in [-0.39, 0.29) is 5.92 Å². The highest BCUT2D eigenvalue weighted by Crippen LogP contribution is 2.24. The average molecular weight is 139 g/mol. The Labute approximate surface area is 53.1 Å². The van der Waals surface area contributed by atoms with E-state index in [1.165, 1.54) is 0 Å². The molecule has 0 saturated heterocycles. The Hall–Kier alpha value is -0.210. The summed E-state index contributed by atoms with van der Waals surface area (Å²) < 4.78 is 34.3. The third kappa shape index (κ3) is 5.66. The molecule has 0 bridgehead atoms. The molecule has 55 valence electrons. The minimum Gasteiger partial charge on any atom is -0.171 e. The van der Waals surface area contributed by atoms with Crippen LogP contribution in [0.5, 0.6) is 0 Å². The quantitative estimate of drug-likeness (QED) is 0.551. The molecular formula is C6H10F3. The van der Waals surface area contributed by atoms with Gasteiger partial charge in [0.2, 0.25) is 0 Å². The van der Waals surface area contributed by atoms with Crippen molar-refractivity contribution in [1.29, 1.82) is 0 Å². The summed E-state index contributed by atoms with van der Waals surface area (Å²) >= 11 is 0. The lowest BCUT2D eigenvalue weighted by atomic mass is 10.1. The van der Waals surface area contributed by atoms with Crippen LogP contribution in [-0.4, -0.2) is 6.18 Å². The van der Waals surface area contributed by atoms with Crippen molar-refractivity contribution >= 4 is 0 Å². The summed E-state index contributed by atoms with van der Waals surface area (Å²) in [6, 6.07) is 0. The number of hydrogen-bond acceptors (Lipinski definition) is 0. The van der Waals surface area contributed by atoms with Gasteiger partial charge < -0.3 is 0 Å². The molecule has 0 spiro atoms. The topological polar surface area (TPSA) is 0 Å². The minimum absolute atomic E-state index is 0.356. The molecule has 1 unspecified atom stereocenters. The third-order valence-electron chi connectivity index (χ3n) is 1.12. The van der Waals surface area contributed by atoms with Gasteiger partial charge in [0.1, 0.15) is 0 Å². The fraction of sp³-hybridized carbons (Fsp3) is 0.833. The first-order valence-electron chi connectivity index (χ1n) is 2.88. The van der Waals surface area contributed by atoms with Crippen LogP contribution < -0.4 is 0 Å². The van der Waals surface area contributed by atoms with E-state index < -0.39 is 6.18 Å². The van der Waals surface area contributed by atoms with Gasteiger partial charge in [0.15, 0.2) is 0 Å². The number of rotatable bonds is 2. The van der Waals surface area contributed by atoms with Gasteiger partial charge in [0.25, 0.3) is 0 Å². The summed E-state index contributed by atoms with van der Waals surface area (Å²) in [4.78, 5) is 0. The van der Waals surface area contributed by atoms with Gasteiger partial charge >= 0.3 is 6.18 Å². The largest absolute Gasteiger partial charge is 0.392 e. The van der Waals surface area contributed by atoms with Crippen LogP contribution in [0.3, 0.4) is 0 Å². The van der Waals surface area contributed by atoms with Crippen molar-refractivity contribution in [3.8, 4) is 0 Å². The predicted octanol–water partition coefficient (Wildman–Crippen LogP) is 2.80. The molecule has 1 atom stereocenters. The lowest BCUT2D eigenvalue weighted by Crippen LogP contribution is -2.13. The van der Waals surface area contributed by atoms with Crippen LogP contribution >= 0.6 is 0 Å². The van der Waals surface area contributed by atoms with Crippen LogP contribution in [0.4, 0.5) is 13.2 Å². The van der Waals surface area contributed by atoms with Crippen molar-refractivity contribution in [2.75, 3.05) is 0 Å². The van der Waals surface area contributed by atoms with E-state index in [0.29, 0.717) is 12.8 Å². The minimum atomic E-state index is -4.10. The standard InChI is InChI=1S/C6H10F3/c1-3-5(2)4-6(7,8)9/h4-5H,3H2,1-2H3. The van der Waals surface area contributed by atoms with Crippen LogP contribution in [0, 0.1) is 12.3 Å². The molecule has 0 fully saturated rings. The summed E-state index contributed by atoms with van der Waals surface area (Å²) in [6.07, 6.45) is -3.15. The van der Waals surface area contributed by atoms with Crippen molar-refractivity contribution in [3.63, 3.8) is 0 Å². The molecule has 0 nitrogen and oxygen atoms in total. The maximum absolute atomic E-state index is 11.4. The predicted molar refractivity (Wildman–Crippen MR) is 29.8 cm³/mol. The molecule has 0 aliphatic rings. The van der Waals surface area contributed by atoms with E-state index >= 15 is 0 Å². The summed E-state index contributed by atoms with van der Waals surface area (Å²) in [5.74, 6) is -0.356. The van der Waals surface area contributed by atoms with Gasteiger partial charge in [-0.2, -0.15) is 13.2 Å². The van der Waals surface area contributed by atoms with E-state index in [0.717, 1.165) is 0 Å². The third-order valence-corrected chi connectivity index (χ3v) is 1.12. The molecule has 0 heterocycles. The molecule has 0 N–H and O–H groups in total. The SMILES string of the molecule is CCC(C)[CH]C(F)(F)F. The highest BCUT2D eigenvalue weighted by atomic mass is 19.4. The second-order valence-corrected chi connectivity index (χ2v) is 2.09. The molecule has 3 heteroatoms.